The Morgan fingerprint density at radius 3 is 1.27 bits per heavy atom. The van der Waals surface area contributed by atoms with E-state index in [1.165, 1.54) is 0 Å². The average Bonchev–Trinajstić information content (AvgIpc) is 3.39. The van der Waals surface area contributed by atoms with Crippen molar-refractivity contribution < 1.29 is 69.0 Å². The maximum absolute atomic E-state index is 13.0. The van der Waals surface area contributed by atoms with Crippen molar-refractivity contribution >= 4 is 5.97 Å². The molecule has 2 saturated heterocycles. The maximum Gasteiger partial charge on any atom is 0.306 e. The molecule has 73 heavy (non-hydrogen) atoms. The molecule has 0 amide bonds. The molecule has 2 aliphatic heterocycles. The predicted molar refractivity (Wildman–Crippen MR) is 288 cm³/mol. The molecule has 11 unspecified atom stereocenters. The highest BCUT2D eigenvalue weighted by molar-refractivity contribution is 5.69. The van der Waals surface area contributed by atoms with Crippen molar-refractivity contribution in [3.05, 3.63) is 134 Å². The standard InChI is InChI=1S/C59H92O14/c1-3-5-7-9-11-13-15-17-19-20-21-22-23-24-25-26-27-29-31-33-35-37-39-41-43-68-45-48(71-51(61)42-40-38-36-34-32-30-28-18-16-14-12-10-8-6-4-2)46-69-58-57(67)55(65)53(63)50(73-58)47-70-59-56(66)54(64)52(62)49(44-60)72-59/h5-8,11-14,17-19,21-22,24-25,27-29,32-35,48-50,52-60,62-67H,3-4,9-10,15-16,20,23,26,30-31,36-47H2,1-2H3/b7-5-,8-6-,13-11-,14-12-,19-17-,22-21-,25-24-,28-18-,29-27-,34-32-,35-33-. The second-order valence-electron chi connectivity index (χ2n) is 17.9. The van der Waals surface area contributed by atoms with Crippen LogP contribution in [-0.2, 0) is 33.2 Å². The Kier molecular flexibility index (Phi) is 39.7. The van der Waals surface area contributed by atoms with Gasteiger partial charge >= 0.3 is 5.97 Å². The van der Waals surface area contributed by atoms with Crippen LogP contribution in [0.1, 0.15) is 129 Å². The number of unbranched alkanes of at least 4 members (excludes halogenated alkanes) is 4. The number of hydrogen-bond acceptors (Lipinski definition) is 14. The van der Waals surface area contributed by atoms with Gasteiger partial charge in [0.1, 0.15) is 54.9 Å². The van der Waals surface area contributed by atoms with Gasteiger partial charge in [-0.05, 0) is 109 Å². The Hall–Kier alpha value is -3.87. The van der Waals surface area contributed by atoms with Crippen molar-refractivity contribution in [2.75, 3.05) is 33.0 Å². The fraction of sp³-hybridized carbons (Fsp3) is 0.610. The first kappa shape index (κ1) is 65.2. The second kappa shape index (κ2) is 44.4. The normalized spacial score (nSPS) is 26.0. The second-order valence-corrected chi connectivity index (χ2v) is 17.9. The highest BCUT2D eigenvalue weighted by atomic mass is 16.7. The molecule has 0 aromatic heterocycles. The Morgan fingerprint density at radius 1 is 0.452 bits per heavy atom. The number of ether oxygens (including phenoxy) is 6. The SMILES string of the molecule is CC/C=C\C/C=C\C/C=C\C/C=C\C/C=C\C/C=C\C/C=C\CCCCOCC(COC1OC(COC2OC(CO)C(O)C(O)C2O)C(O)C(O)C1O)OC(=O)CCCC/C=C\C/C=C\C/C=C\C/C=C\CC. The number of hydrogen-bond donors (Lipinski definition) is 7. The predicted octanol–water partition coefficient (Wildman–Crippen LogP) is 8.74. The average molecular weight is 1030 g/mol. The molecule has 412 valence electrons. The molecule has 2 heterocycles. The van der Waals surface area contributed by atoms with Crippen LogP contribution in [0.2, 0.25) is 0 Å². The van der Waals surface area contributed by atoms with Crippen LogP contribution in [0.4, 0.5) is 0 Å². The number of aliphatic hydroxyl groups excluding tert-OH is 7. The lowest BCUT2D eigenvalue weighted by Gasteiger charge is -2.42. The van der Waals surface area contributed by atoms with Crippen molar-refractivity contribution in [3.8, 4) is 0 Å². The summed E-state index contributed by atoms with van der Waals surface area (Å²) in [7, 11) is 0. The molecule has 0 radical (unpaired) electrons. The first-order valence-corrected chi connectivity index (χ1v) is 26.8. The van der Waals surface area contributed by atoms with Gasteiger partial charge in [0.2, 0.25) is 0 Å². The van der Waals surface area contributed by atoms with E-state index in [1.807, 2.05) is 0 Å². The fourth-order valence-electron chi connectivity index (χ4n) is 7.37. The molecule has 0 spiro atoms. The van der Waals surface area contributed by atoms with Gasteiger partial charge in [0.25, 0.3) is 0 Å². The summed E-state index contributed by atoms with van der Waals surface area (Å²) < 4.78 is 34.2. The molecule has 0 bridgehead atoms. The van der Waals surface area contributed by atoms with E-state index in [0.29, 0.717) is 13.0 Å². The summed E-state index contributed by atoms with van der Waals surface area (Å²) in [5.41, 5.74) is 0. The molecule has 2 fully saturated rings. The van der Waals surface area contributed by atoms with Crippen LogP contribution in [-0.4, -0.2) is 142 Å². The minimum absolute atomic E-state index is 0.00383. The topological polar surface area (TPSA) is 214 Å². The largest absolute Gasteiger partial charge is 0.457 e. The molecule has 2 rings (SSSR count). The number of aliphatic hydroxyl groups is 7. The van der Waals surface area contributed by atoms with Crippen LogP contribution >= 0.6 is 0 Å². The molecule has 0 aromatic rings. The lowest BCUT2D eigenvalue weighted by Crippen LogP contribution is -2.61. The Bertz CT molecular complexity index is 1710. The molecular weight excluding hydrogens is 933 g/mol. The molecule has 14 nitrogen and oxygen atoms in total. The van der Waals surface area contributed by atoms with Gasteiger partial charge in [0.15, 0.2) is 12.6 Å². The van der Waals surface area contributed by atoms with E-state index in [9.17, 15) is 40.5 Å². The van der Waals surface area contributed by atoms with Gasteiger partial charge in [-0.1, -0.05) is 148 Å². The summed E-state index contributed by atoms with van der Waals surface area (Å²) in [6, 6.07) is 0. The summed E-state index contributed by atoms with van der Waals surface area (Å²) in [6.07, 6.45) is 46.7. The first-order valence-electron chi connectivity index (χ1n) is 26.8. The number of allylic oxidation sites excluding steroid dienone is 22. The summed E-state index contributed by atoms with van der Waals surface area (Å²) >= 11 is 0. The summed E-state index contributed by atoms with van der Waals surface area (Å²) in [5.74, 6) is -0.439. The van der Waals surface area contributed by atoms with Gasteiger partial charge in [0.05, 0.1) is 26.4 Å². The van der Waals surface area contributed by atoms with E-state index in [4.69, 9.17) is 28.4 Å². The van der Waals surface area contributed by atoms with Crippen LogP contribution < -0.4 is 0 Å². The lowest BCUT2D eigenvalue weighted by atomic mass is 9.98. The third-order valence-corrected chi connectivity index (χ3v) is 11.7. The Balaban J connectivity index is 1.79. The molecule has 0 aliphatic carbocycles. The van der Waals surface area contributed by atoms with E-state index < -0.39 is 86.7 Å². The van der Waals surface area contributed by atoms with Crippen molar-refractivity contribution in [2.24, 2.45) is 0 Å². The number of carbonyl (C=O) groups is 1. The zero-order valence-electron chi connectivity index (χ0n) is 43.8. The number of rotatable bonds is 40. The molecule has 0 saturated carbocycles. The number of carbonyl (C=O) groups excluding carboxylic acids is 1. The van der Waals surface area contributed by atoms with E-state index in [0.717, 1.165) is 103 Å². The van der Waals surface area contributed by atoms with Gasteiger partial charge in [-0.3, -0.25) is 4.79 Å². The molecule has 11 atom stereocenters. The maximum atomic E-state index is 13.0. The summed E-state index contributed by atoms with van der Waals surface area (Å²) in [5, 5.41) is 72.2. The Morgan fingerprint density at radius 2 is 0.836 bits per heavy atom. The van der Waals surface area contributed by atoms with Gasteiger partial charge < -0.3 is 64.2 Å². The highest BCUT2D eigenvalue weighted by Gasteiger charge is 2.47. The van der Waals surface area contributed by atoms with Crippen LogP contribution in [0.5, 0.6) is 0 Å². The molecule has 14 heteroatoms. The highest BCUT2D eigenvalue weighted by Crippen LogP contribution is 2.26. The van der Waals surface area contributed by atoms with E-state index in [-0.39, 0.29) is 19.6 Å². The first-order chi connectivity index (χ1) is 35.6. The summed E-state index contributed by atoms with van der Waals surface area (Å²) in [6.45, 7) is 3.24. The molecular formula is C59H92O14. The minimum atomic E-state index is -1.73. The fourth-order valence-corrected chi connectivity index (χ4v) is 7.37. The van der Waals surface area contributed by atoms with Crippen molar-refractivity contribution in [3.63, 3.8) is 0 Å². The lowest BCUT2D eigenvalue weighted by molar-refractivity contribution is -0.332. The van der Waals surface area contributed by atoms with Crippen LogP contribution in [0.15, 0.2) is 134 Å². The Labute approximate surface area is 437 Å². The monoisotopic (exact) mass is 1020 g/mol. The van der Waals surface area contributed by atoms with Gasteiger partial charge in [-0.15, -0.1) is 0 Å². The molecule has 2 aliphatic rings. The van der Waals surface area contributed by atoms with Gasteiger partial charge in [-0.25, -0.2) is 0 Å². The molecule has 7 N–H and O–H groups in total. The number of esters is 1. The van der Waals surface area contributed by atoms with Gasteiger partial charge in [0, 0.05) is 13.0 Å². The van der Waals surface area contributed by atoms with Crippen LogP contribution in [0, 0.1) is 0 Å². The van der Waals surface area contributed by atoms with E-state index in [1.54, 1.807) is 0 Å². The van der Waals surface area contributed by atoms with Crippen LogP contribution in [0.25, 0.3) is 0 Å². The third-order valence-electron chi connectivity index (χ3n) is 11.7. The van der Waals surface area contributed by atoms with E-state index >= 15 is 0 Å². The van der Waals surface area contributed by atoms with Crippen molar-refractivity contribution in [2.45, 2.75) is 197 Å². The van der Waals surface area contributed by atoms with Crippen LogP contribution in [0.3, 0.4) is 0 Å². The smallest absolute Gasteiger partial charge is 0.306 e. The third kappa shape index (κ3) is 31.6. The molecule has 0 aromatic carbocycles. The van der Waals surface area contributed by atoms with Crippen molar-refractivity contribution in [1.82, 2.24) is 0 Å². The summed E-state index contributed by atoms with van der Waals surface area (Å²) in [4.78, 5) is 13.0. The zero-order valence-corrected chi connectivity index (χ0v) is 43.8. The van der Waals surface area contributed by atoms with Crippen molar-refractivity contribution in [1.29, 1.82) is 0 Å². The zero-order chi connectivity index (χ0) is 53.0. The van der Waals surface area contributed by atoms with Gasteiger partial charge in [-0.2, -0.15) is 0 Å². The van der Waals surface area contributed by atoms with E-state index in [2.05, 4.69) is 148 Å². The minimum Gasteiger partial charge on any atom is -0.457 e. The quantitative estimate of drug-likeness (QED) is 0.0174.